The summed E-state index contributed by atoms with van der Waals surface area (Å²) in [5.41, 5.74) is 6.51. The molecule has 1 aromatic carbocycles. The number of amides is 1. The van der Waals surface area contributed by atoms with Gasteiger partial charge in [0.25, 0.3) is 5.91 Å². The molecule has 5 heteroatoms. The van der Waals surface area contributed by atoms with Gasteiger partial charge in [0, 0.05) is 23.5 Å². The summed E-state index contributed by atoms with van der Waals surface area (Å²) in [6.07, 6.45) is 3.10. The van der Waals surface area contributed by atoms with Crippen LogP contribution in [0.3, 0.4) is 0 Å². The van der Waals surface area contributed by atoms with Crippen molar-refractivity contribution in [2.24, 2.45) is 0 Å². The molecule has 2 aromatic rings. The van der Waals surface area contributed by atoms with Gasteiger partial charge in [0.15, 0.2) is 0 Å². The number of anilines is 1. The number of thiophene rings is 1. The number of carbonyl (C=O) groups excluding carboxylic acids is 1. The van der Waals surface area contributed by atoms with Gasteiger partial charge in [-0.15, -0.1) is 11.3 Å². The SMILES string of the molecule is CSCCC(C)N(C)C(=O)c1cc2cc(N)ccc2s1. The van der Waals surface area contributed by atoms with Crippen molar-refractivity contribution in [2.75, 3.05) is 24.8 Å². The van der Waals surface area contributed by atoms with Crippen LogP contribution >= 0.6 is 23.1 Å². The first-order chi connectivity index (χ1) is 9.52. The first-order valence-electron chi connectivity index (χ1n) is 6.58. The summed E-state index contributed by atoms with van der Waals surface area (Å²) in [6, 6.07) is 7.96. The molecule has 1 unspecified atom stereocenters. The van der Waals surface area contributed by atoms with E-state index < -0.39 is 0 Å². The van der Waals surface area contributed by atoms with Crippen LogP contribution in [0.25, 0.3) is 10.1 Å². The van der Waals surface area contributed by atoms with Gasteiger partial charge in [-0.2, -0.15) is 11.8 Å². The summed E-state index contributed by atoms with van der Waals surface area (Å²) < 4.78 is 1.10. The zero-order valence-electron chi connectivity index (χ0n) is 12.1. The molecular weight excluding hydrogens is 288 g/mol. The Morgan fingerprint density at radius 1 is 1.45 bits per heavy atom. The maximum Gasteiger partial charge on any atom is 0.263 e. The number of nitrogens with two attached hydrogens (primary N) is 1. The Labute approximate surface area is 128 Å². The Bertz CT molecular complexity index is 609. The minimum absolute atomic E-state index is 0.0957. The van der Waals surface area contributed by atoms with Crippen LogP contribution in [-0.2, 0) is 0 Å². The van der Waals surface area contributed by atoms with Crippen LogP contribution in [0.2, 0.25) is 0 Å². The second-order valence-electron chi connectivity index (χ2n) is 4.95. The molecule has 1 amide bonds. The van der Waals surface area contributed by atoms with E-state index in [9.17, 15) is 4.79 Å². The molecule has 1 atom stereocenters. The minimum Gasteiger partial charge on any atom is -0.399 e. The molecule has 2 rings (SSSR count). The highest BCUT2D eigenvalue weighted by molar-refractivity contribution is 7.98. The lowest BCUT2D eigenvalue weighted by Crippen LogP contribution is -2.34. The number of nitrogen functional groups attached to an aromatic ring is 1. The van der Waals surface area contributed by atoms with Crippen LogP contribution in [-0.4, -0.2) is 35.9 Å². The van der Waals surface area contributed by atoms with Gasteiger partial charge in [0.1, 0.15) is 0 Å². The number of carbonyl (C=O) groups is 1. The fraction of sp³-hybridized carbons (Fsp3) is 0.400. The molecule has 2 N–H and O–H groups in total. The van der Waals surface area contributed by atoms with E-state index in [0.717, 1.165) is 32.8 Å². The number of nitrogens with zero attached hydrogens (tertiary/aromatic N) is 1. The van der Waals surface area contributed by atoms with Gasteiger partial charge >= 0.3 is 0 Å². The van der Waals surface area contributed by atoms with Crippen molar-refractivity contribution >= 4 is 44.8 Å². The Kier molecular flexibility index (Phi) is 4.94. The Morgan fingerprint density at radius 3 is 2.90 bits per heavy atom. The van der Waals surface area contributed by atoms with E-state index in [1.54, 1.807) is 0 Å². The first-order valence-corrected chi connectivity index (χ1v) is 8.79. The second-order valence-corrected chi connectivity index (χ2v) is 7.02. The van der Waals surface area contributed by atoms with Gasteiger partial charge in [-0.1, -0.05) is 0 Å². The van der Waals surface area contributed by atoms with Gasteiger partial charge in [-0.05, 0) is 55.0 Å². The van der Waals surface area contributed by atoms with Gasteiger partial charge < -0.3 is 10.6 Å². The maximum atomic E-state index is 12.5. The molecule has 0 aliphatic heterocycles. The number of rotatable bonds is 5. The minimum atomic E-state index is 0.0957. The zero-order chi connectivity index (χ0) is 14.7. The predicted octanol–water partition coefficient (Wildman–Crippen LogP) is 3.70. The quantitative estimate of drug-likeness (QED) is 0.857. The van der Waals surface area contributed by atoms with Crippen molar-refractivity contribution in [1.82, 2.24) is 4.90 Å². The van der Waals surface area contributed by atoms with E-state index in [1.165, 1.54) is 11.3 Å². The number of thioether (sulfide) groups is 1. The molecular formula is C15H20N2OS2. The molecule has 108 valence electrons. The van der Waals surface area contributed by atoms with Crippen molar-refractivity contribution in [2.45, 2.75) is 19.4 Å². The molecule has 1 heterocycles. The van der Waals surface area contributed by atoms with Crippen LogP contribution in [0.5, 0.6) is 0 Å². The summed E-state index contributed by atoms with van der Waals surface area (Å²) in [5, 5.41) is 1.04. The Hall–Kier alpha value is -1.20. The predicted molar refractivity (Wildman–Crippen MR) is 90.8 cm³/mol. The van der Waals surface area contributed by atoms with Gasteiger partial charge in [0.2, 0.25) is 0 Å². The highest BCUT2D eigenvalue weighted by Gasteiger charge is 2.19. The molecule has 0 saturated carbocycles. The topological polar surface area (TPSA) is 46.3 Å². The summed E-state index contributed by atoms with van der Waals surface area (Å²) in [7, 11) is 1.88. The van der Waals surface area contributed by atoms with Crippen molar-refractivity contribution in [1.29, 1.82) is 0 Å². The van der Waals surface area contributed by atoms with Gasteiger partial charge in [-0.25, -0.2) is 0 Å². The third-order valence-electron chi connectivity index (χ3n) is 3.47. The molecule has 0 radical (unpaired) electrons. The highest BCUT2D eigenvalue weighted by Crippen LogP contribution is 2.28. The summed E-state index contributed by atoms with van der Waals surface area (Å²) in [6.45, 7) is 2.10. The molecule has 0 fully saturated rings. The molecule has 0 saturated heterocycles. The summed E-state index contributed by atoms with van der Waals surface area (Å²) in [5.74, 6) is 1.17. The van der Waals surface area contributed by atoms with E-state index in [4.69, 9.17) is 5.73 Å². The second kappa shape index (κ2) is 6.50. The average molecular weight is 308 g/mol. The zero-order valence-corrected chi connectivity index (χ0v) is 13.7. The van der Waals surface area contributed by atoms with E-state index in [1.807, 2.05) is 48.0 Å². The molecule has 0 bridgehead atoms. The monoisotopic (exact) mass is 308 g/mol. The average Bonchev–Trinajstić information content (AvgIpc) is 2.85. The standard InChI is InChI=1S/C15H20N2OS2/c1-10(6-7-19-3)17(2)15(18)14-9-11-8-12(16)4-5-13(11)20-14/h4-5,8-10H,6-7,16H2,1-3H3. The summed E-state index contributed by atoms with van der Waals surface area (Å²) in [4.78, 5) is 15.1. The van der Waals surface area contributed by atoms with E-state index >= 15 is 0 Å². The van der Waals surface area contributed by atoms with Crippen molar-refractivity contribution in [3.05, 3.63) is 29.1 Å². The number of hydrogen-bond acceptors (Lipinski definition) is 4. The summed E-state index contributed by atoms with van der Waals surface area (Å²) >= 11 is 3.34. The van der Waals surface area contributed by atoms with Crippen LogP contribution in [0.15, 0.2) is 24.3 Å². The van der Waals surface area contributed by atoms with Gasteiger partial charge in [-0.3, -0.25) is 4.79 Å². The van der Waals surface area contributed by atoms with Crippen molar-refractivity contribution in [3.8, 4) is 0 Å². The lowest BCUT2D eigenvalue weighted by Gasteiger charge is -2.24. The van der Waals surface area contributed by atoms with Crippen molar-refractivity contribution < 1.29 is 4.79 Å². The third-order valence-corrected chi connectivity index (χ3v) is 5.22. The normalized spacial score (nSPS) is 12.6. The molecule has 1 aromatic heterocycles. The van der Waals surface area contributed by atoms with E-state index in [-0.39, 0.29) is 11.9 Å². The van der Waals surface area contributed by atoms with Crippen LogP contribution < -0.4 is 5.73 Å². The molecule has 0 spiro atoms. The Balaban J connectivity index is 2.18. The molecule has 3 nitrogen and oxygen atoms in total. The fourth-order valence-electron chi connectivity index (χ4n) is 2.02. The number of benzene rings is 1. The smallest absolute Gasteiger partial charge is 0.263 e. The third kappa shape index (κ3) is 3.27. The number of hydrogen-bond donors (Lipinski definition) is 1. The number of fused-ring (bicyclic) bond motifs is 1. The lowest BCUT2D eigenvalue weighted by atomic mass is 10.2. The van der Waals surface area contributed by atoms with Crippen LogP contribution in [0, 0.1) is 0 Å². The van der Waals surface area contributed by atoms with E-state index in [0.29, 0.717) is 0 Å². The van der Waals surface area contributed by atoms with Gasteiger partial charge in [0.05, 0.1) is 4.88 Å². The van der Waals surface area contributed by atoms with Crippen molar-refractivity contribution in [3.63, 3.8) is 0 Å². The Morgan fingerprint density at radius 2 is 2.20 bits per heavy atom. The van der Waals surface area contributed by atoms with E-state index in [2.05, 4.69) is 13.2 Å². The molecule has 0 aliphatic rings. The largest absolute Gasteiger partial charge is 0.399 e. The lowest BCUT2D eigenvalue weighted by molar-refractivity contribution is 0.0746. The molecule has 20 heavy (non-hydrogen) atoms. The maximum absolute atomic E-state index is 12.5. The highest BCUT2D eigenvalue weighted by atomic mass is 32.2. The fourth-order valence-corrected chi connectivity index (χ4v) is 3.63. The molecule has 0 aliphatic carbocycles. The van der Waals surface area contributed by atoms with Crippen LogP contribution in [0.1, 0.15) is 23.0 Å². The van der Waals surface area contributed by atoms with Crippen LogP contribution in [0.4, 0.5) is 5.69 Å². The first kappa shape index (κ1) is 15.2.